The molecule has 0 aromatic carbocycles. The highest BCUT2D eigenvalue weighted by Gasteiger charge is 2.29. The Hall–Kier alpha value is -1.34. The molecule has 0 aromatic heterocycles. The van der Waals surface area contributed by atoms with Crippen LogP contribution in [0.1, 0.15) is 19.8 Å². The number of nitrogens with one attached hydrogen (secondary N) is 1. The average Bonchev–Trinajstić information content (AvgIpc) is 2.49. The van der Waals surface area contributed by atoms with Gasteiger partial charge in [0.1, 0.15) is 0 Å². The average molecular weight is 284 g/mol. The summed E-state index contributed by atoms with van der Waals surface area (Å²) in [4.78, 5) is 26.3. The van der Waals surface area contributed by atoms with Gasteiger partial charge in [-0.05, 0) is 19.8 Å². The molecule has 0 spiro atoms. The number of hydrogen-bond donors (Lipinski definition) is 1. The molecule has 0 unspecified atom stereocenters. The van der Waals surface area contributed by atoms with Gasteiger partial charge in [-0.25, -0.2) is 9.80 Å². The number of carbonyl (C=O) groups excluding carboxylic acids is 2. The van der Waals surface area contributed by atoms with Crippen LogP contribution in [0.3, 0.4) is 0 Å². The summed E-state index contributed by atoms with van der Waals surface area (Å²) in [5, 5.41) is 1.94. The summed E-state index contributed by atoms with van der Waals surface area (Å²) >= 11 is 0. The lowest BCUT2D eigenvalue weighted by molar-refractivity contribution is -0.114. The van der Waals surface area contributed by atoms with Gasteiger partial charge in [-0.15, -0.1) is 0 Å². The van der Waals surface area contributed by atoms with Gasteiger partial charge in [0.15, 0.2) is 0 Å². The molecule has 20 heavy (non-hydrogen) atoms. The lowest BCUT2D eigenvalue weighted by atomic mass is 10.0. The number of nitrogens with zero attached hydrogens (tertiary/aromatic N) is 3. The van der Waals surface area contributed by atoms with Gasteiger partial charge in [0.05, 0.1) is 6.61 Å². The van der Waals surface area contributed by atoms with E-state index in [9.17, 15) is 9.59 Å². The van der Waals surface area contributed by atoms with Gasteiger partial charge in [0.25, 0.3) is 0 Å². The topological polar surface area (TPSA) is 65.1 Å². The van der Waals surface area contributed by atoms with E-state index in [1.807, 2.05) is 11.9 Å². The Labute approximate surface area is 119 Å². The van der Waals surface area contributed by atoms with E-state index < -0.39 is 0 Å². The SMILES string of the molecule is CCOC(=O)N1CCC(N2CCN(NC=O)CC2)CC1. The highest BCUT2D eigenvalue weighted by atomic mass is 16.6. The van der Waals surface area contributed by atoms with Crippen molar-refractivity contribution < 1.29 is 14.3 Å². The molecule has 2 saturated heterocycles. The second-order valence-corrected chi connectivity index (χ2v) is 5.19. The molecule has 7 nitrogen and oxygen atoms in total. The standard InChI is InChI=1S/C13H24N4O3/c1-2-20-13(19)16-5-3-12(4-6-16)15-7-9-17(10-8-15)14-11-18/h11-12H,2-10H2,1H3,(H,14,18). The molecule has 2 heterocycles. The number of ether oxygens (including phenoxy) is 1. The van der Waals surface area contributed by atoms with Crippen molar-refractivity contribution in [1.29, 1.82) is 0 Å². The van der Waals surface area contributed by atoms with Gasteiger partial charge in [0.2, 0.25) is 6.41 Å². The lowest BCUT2D eigenvalue weighted by Crippen LogP contribution is -2.56. The van der Waals surface area contributed by atoms with E-state index in [2.05, 4.69) is 10.3 Å². The largest absolute Gasteiger partial charge is 0.450 e. The molecule has 2 aliphatic heterocycles. The van der Waals surface area contributed by atoms with Crippen LogP contribution in [0.4, 0.5) is 4.79 Å². The second-order valence-electron chi connectivity index (χ2n) is 5.19. The molecule has 2 amide bonds. The first-order valence-corrected chi connectivity index (χ1v) is 7.35. The Balaban J connectivity index is 1.72. The van der Waals surface area contributed by atoms with Crippen LogP contribution in [-0.2, 0) is 9.53 Å². The maximum atomic E-state index is 11.6. The zero-order valence-electron chi connectivity index (χ0n) is 12.1. The van der Waals surface area contributed by atoms with Crippen molar-refractivity contribution >= 4 is 12.5 Å². The van der Waals surface area contributed by atoms with Crippen LogP contribution >= 0.6 is 0 Å². The number of carbonyl (C=O) groups is 2. The maximum Gasteiger partial charge on any atom is 0.409 e. The monoisotopic (exact) mass is 284 g/mol. The predicted octanol–water partition coefficient (Wildman–Crippen LogP) is -0.114. The molecule has 114 valence electrons. The Morgan fingerprint density at radius 1 is 1.20 bits per heavy atom. The van der Waals surface area contributed by atoms with Gasteiger partial charge in [-0.1, -0.05) is 0 Å². The number of rotatable bonds is 4. The third kappa shape index (κ3) is 3.83. The summed E-state index contributed by atoms with van der Waals surface area (Å²) in [5.41, 5.74) is 2.70. The summed E-state index contributed by atoms with van der Waals surface area (Å²) in [6, 6.07) is 0.541. The van der Waals surface area contributed by atoms with Gasteiger partial charge < -0.3 is 9.64 Å². The Morgan fingerprint density at radius 3 is 2.40 bits per heavy atom. The molecule has 0 radical (unpaired) electrons. The minimum atomic E-state index is -0.189. The van der Waals surface area contributed by atoms with Crippen LogP contribution in [0.5, 0.6) is 0 Å². The normalized spacial score (nSPS) is 22.6. The van der Waals surface area contributed by atoms with Crippen LogP contribution in [0.15, 0.2) is 0 Å². The molecular weight excluding hydrogens is 260 g/mol. The fraction of sp³-hybridized carbons (Fsp3) is 0.846. The van der Waals surface area contributed by atoms with Crippen LogP contribution in [-0.4, -0.2) is 79.2 Å². The first-order chi connectivity index (χ1) is 9.74. The van der Waals surface area contributed by atoms with E-state index in [1.165, 1.54) is 0 Å². The molecular formula is C13H24N4O3. The molecule has 7 heteroatoms. The molecule has 0 saturated carbocycles. The maximum absolute atomic E-state index is 11.6. The van der Waals surface area contributed by atoms with Gasteiger partial charge in [0, 0.05) is 45.3 Å². The van der Waals surface area contributed by atoms with Gasteiger partial charge in [-0.2, -0.15) is 0 Å². The summed E-state index contributed by atoms with van der Waals surface area (Å²) in [5.74, 6) is 0. The van der Waals surface area contributed by atoms with E-state index in [0.29, 0.717) is 12.6 Å². The summed E-state index contributed by atoms with van der Waals surface area (Å²) in [6.45, 7) is 7.46. The molecule has 2 aliphatic rings. The summed E-state index contributed by atoms with van der Waals surface area (Å²) in [7, 11) is 0. The number of amides is 2. The van der Waals surface area contributed by atoms with Crippen molar-refractivity contribution in [2.45, 2.75) is 25.8 Å². The van der Waals surface area contributed by atoms with E-state index in [-0.39, 0.29) is 6.09 Å². The molecule has 0 aliphatic carbocycles. The Morgan fingerprint density at radius 2 is 1.85 bits per heavy atom. The number of piperazine rings is 1. The third-order valence-electron chi connectivity index (χ3n) is 4.06. The second kappa shape index (κ2) is 7.44. The van der Waals surface area contributed by atoms with Crippen molar-refractivity contribution in [3.63, 3.8) is 0 Å². The van der Waals surface area contributed by atoms with E-state index >= 15 is 0 Å². The van der Waals surface area contributed by atoms with Crippen molar-refractivity contribution in [3.8, 4) is 0 Å². The number of hydrazine groups is 1. The lowest BCUT2D eigenvalue weighted by Gasteiger charge is -2.42. The minimum Gasteiger partial charge on any atom is -0.450 e. The fourth-order valence-corrected chi connectivity index (χ4v) is 2.92. The molecule has 0 bridgehead atoms. The molecule has 0 aromatic rings. The van der Waals surface area contributed by atoms with Gasteiger partial charge >= 0.3 is 6.09 Å². The smallest absolute Gasteiger partial charge is 0.409 e. The summed E-state index contributed by atoms with van der Waals surface area (Å²) in [6.07, 6.45) is 2.54. The van der Waals surface area contributed by atoms with E-state index in [4.69, 9.17) is 4.74 Å². The highest BCUT2D eigenvalue weighted by molar-refractivity contribution is 5.67. The molecule has 1 N–H and O–H groups in total. The van der Waals surface area contributed by atoms with Crippen molar-refractivity contribution in [1.82, 2.24) is 20.2 Å². The fourth-order valence-electron chi connectivity index (χ4n) is 2.92. The first kappa shape index (κ1) is 15.1. The van der Waals surface area contributed by atoms with E-state index in [0.717, 1.165) is 58.5 Å². The molecule has 2 fully saturated rings. The molecule has 0 atom stereocenters. The number of piperidine rings is 1. The van der Waals surface area contributed by atoms with Gasteiger partial charge in [-0.3, -0.25) is 15.1 Å². The van der Waals surface area contributed by atoms with Crippen LogP contribution in [0, 0.1) is 0 Å². The zero-order valence-corrected chi connectivity index (χ0v) is 12.1. The number of likely N-dealkylation sites (tertiary alicyclic amines) is 1. The predicted molar refractivity (Wildman–Crippen MR) is 74.0 cm³/mol. The first-order valence-electron chi connectivity index (χ1n) is 7.35. The van der Waals surface area contributed by atoms with E-state index in [1.54, 1.807) is 4.90 Å². The van der Waals surface area contributed by atoms with Crippen LogP contribution in [0.25, 0.3) is 0 Å². The van der Waals surface area contributed by atoms with Crippen LogP contribution < -0.4 is 5.43 Å². The summed E-state index contributed by atoms with van der Waals surface area (Å²) < 4.78 is 5.03. The van der Waals surface area contributed by atoms with Crippen molar-refractivity contribution in [3.05, 3.63) is 0 Å². The zero-order chi connectivity index (χ0) is 14.4. The van der Waals surface area contributed by atoms with Crippen molar-refractivity contribution in [2.75, 3.05) is 45.9 Å². The molecule has 2 rings (SSSR count). The van der Waals surface area contributed by atoms with Crippen molar-refractivity contribution in [2.24, 2.45) is 0 Å². The number of hydrogen-bond acceptors (Lipinski definition) is 5. The minimum absolute atomic E-state index is 0.189. The van der Waals surface area contributed by atoms with Crippen LogP contribution in [0.2, 0.25) is 0 Å². The Kier molecular flexibility index (Phi) is 5.60. The third-order valence-corrected chi connectivity index (χ3v) is 4.06. The quantitative estimate of drug-likeness (QED) is 0.730. The highest BCUT2D eigenvalue weighted by Crippen LogP contribution is 2.18. The Bertz CT molecular complexity index is 324.